The Balaban J connectivity index is 1.94. The van der Waals surface area contributed by atoms with Crippen molar-refractivity contribution in [3.8, 4) is 0 Å². The van der Waals surface area contributed by atoms with Crippen LogP contribution in [0.15, 0.2) is 12.1 Å². The molecule has 1 aliphatic rings. The minimum absolute atomic E-state index is 0.190. The number of carbonyl (C=O) groups is 1. The SMILES string of the molecule is CC(CNC(=O)c1cc(Cl)c(N)c(Cl)c1)N(C)C1CC1. The van der Waals surface area contributed by atoms with Crippen LogP contribution in [0.1, 0.15) is 30.1 Å². The maximum atomic E-state index is 12.1. The van der Waals surface area contributed by atoms with Crippen LogP contribution >= 0.6 is 23.2 Å². The third kappa shape index (κ3) is 3.57. The van der Waals surface area contributed by atoms with Crippen LogP contribution < -0.4 is 11.1 Å². The molecule has 0 spiro atoms. The predicted octanol–water partition coefficient (Wildman–Crippen LogP) is 2.79. The van der Waals surface area contributed by atoms with Gasteiger partial charge >= 0.3 is 0 Å². The van der Waals surface area contributed by atoms with Crippen LogP contribution in [-0.2, 0) is 0 Å². The second-order valence-electron chi connectivity index (χ2n) is 5.31. The molecule has 1 aromatic rings. The fourth-order valence-electron chi connectivity index (χ4n) is 2.04. The lowest BCUT2D eigenvalue weighted by Gasteiger charge is -2.24. The standard InChI is InChI=1S/C14H19Cl2N3O/c1-8(19(2)10-3-4-10)7-18-14(20)9-5-11(15)13(17)12(16)6-9/h5-6,8,10H,3-4,7,17H2,1-2H3,(H,18,20). The Morgan fingerprint density at radius 2 is 2.00 bits per heavy atom. The summed E-state index contributed by atoms with van der Waals surface area (Å²) in [5.74, 6) is -0.190. The number of carbonyl (C=O) groups excluding carboxylic acids is 1. The quantitative estimate of drug-likeness (QED) is 0.821. The first-order chi connectivity index (χ1) is 9.40. The van der Waals surface area contributed by atoms with Crippen molar-refractivity contribution in [3.63, 3.8) is 0 Å². The van der Waals surface area contributed by atoms with Crippen molar-refractivity contribution >= 4 is 34.8 Å². The Labute approximate surface area is 129 Å². The molecule has 1 atom stereocenters. The molecule has 2 rings (SSSR count). The Bertz CT molecular complexity index is 494. The van der Waals surface area contributed by atoms with Crippen LogP contribution in [0.4, 0.5) is 5.69 Å². The maximum absolute atomic E-state index is 12.1. The third-order valence-electron chi connectivity index (χ3n) is 3.72. The second kappa shape index (κ2) is 6.20. The molecule has 6 heteroatoms. The number of hydrogen-bond donors (Lipinski definition) is 2. The molecule has 1 saturated carbocycles. The van der Waals surface area contributed by atoms with Gasteiger partial charge in [0.25, 0.3) is 5.91 Å². The molecule has 1 aliphatic carbocycles. The predicted molar refractivity (Wildman–Crippen MR) is 83.5 cm³/mol. The van der Waals surface area contributed by atoms with E-state index in [1.54, 1.807) is 0 Å². The van der Waals surface area contributed by atoms with Crippen molar-refractivity contribution in [1.29, 1.82) is 0 Å². The van der Waals surface area contributed by atoms with Crippen molar-refractivity contribution in [2.75, 3.05) is 19.3 Å². The molecule has 4 nitrogen and oxygen atoms in total. The fraction of sp³-hybridized carbons (Fsp3) is 0.500. The van der Waals surface area contributed by atoms with Gasteiger partial charge in [0.1, 0.15) is 0 Å². The van der Waals surface area contributed by atoms with E-state index < -0.39 is 0 Å². The summed E-state index contributed by atoms with van der Waals surface area (Å²) in [4.78, 5) is 14.4. The number of benzene rings is 1. The number of rotatable bonds is 5. The Hall–Kier alpha value is -0.970. The van der Waals surface area contributed by atoms with Gasteiger partial charge in [-0.05, 0) is 38.9 Å². The molecule has 0 radical (unpaired) electrons. The van der Waals surface area contributed by atoms with Crippen LogP contribution in [-0.4, -0.2) is 36.5 Å². The van der Waals surface area contributed by atoms with E-state index in [4.69, 9.17) is 28.9 Å². The third-order valence-corrected chi connectivity index (χ3v) is 4.34. The topological polar surface area (TPSA) is 58.4 Å². The van der Waals surface area contributed by atoms with E-state index in [9.17, 15) is 4.79 Å². The summed E-state index contributed by atoms with van der Waals surface area (Å²) in [6.07, 6.45) is 2.50. The van der Waals surface area contributed by atoms with E-state index in [0.29, 0.717) is 39.9 Å². The van der Waals surface area contributed by atoms with Gasteiger partial charge in [-0.1, -0.05) is 23.2 Å². The molecule has 0 heterocycles. The summed E-state index contributed by atoms with van der Waals surface area (Å²) in [5, 5.41) is 3.49. The number of hydrogen-bond acceptors (Lipinski definition) is 3. The average molecular weight is 316 g/mol. The van der Waals surface area contributed by atoms with E-state index in [-0.39, 0.29) is 5.91 Å². The molecule has 0 aromatic heterocycles. The number of amides is 1. The van der Waals surface area contributed by atoms with Crippen LogP contribution in [0.5, 0.6) is 0 Å². The Morgan fingerprint density at radius 1 is 1.45 bits per heavy atom. The first-order valence-electron chi connectivity index (χ1n) is 6.64. The minimum Gasteiger partial charge on any atom is -0.396 e. The van der Waals surface area contributed by atoms with Crippen LogP contribution in [0, 0.1) is 0 Å². The van der Waals surface area contributed by atoms with Crippen LogP contribution in [0.25, 0.3) is 0 Å². The van der Waals surface area contributed by atoms with Crippen molar-refractivity contribution in [2.45, 2.75) is 31.8 Å². The summed E-state index contributed by atoms with van der Waals surface area (Å²) in [6, 6.07) is 4.04. The van der Waals surface area contributed by atoms with Gasteiger partial charge in [-0.2, -0.15) is 0 Å². The molecule has 1 unspecified atom stereocenters. The first-order valence-corrected chi connectivity index (χ1v) is 7.40. The fourth-order valence-corrected chi connectivity index (χ4v) is 2.53. The Kier molecular flexibility index (Phi) is 4.78. The molecule has 1 amide bonds. The molecule has 1 fully saturated rings. The Morgan fingerprint density at radius 3 is 2.50 bits per heavy atom. The highest BCUT2D eigenvalue weighted by atomic mass is 35.5. The molecular formula is C14H19Cl2N3O. The number of nitrogen functional groups attached to an aromatic ring is 1. The number of anilines is 1. The second-order valence-corrected chi connectivity index (χ2v) is 6.12. The normalized spacial score (nSPS) is 16.2. The lowest BCUT2D eigenvalue weighted by atomic mass is 10.2. The molecule has 20 heavy (non-hydrogen) atoms. The van der Waals surface area contributed by atoms with Crippen molar-refractivity contribution in [3.05, 3.63) is 27.7 Å². The van der Waals surface area contributed by atoms with Gasteiger partial charge in [-0.3, -0.25) is 9.69 Å². The number of nitrogens with zero attached hydrogens (tertiary/aromatic N) is 1. The summed E-state index contributed by atoms with van der Waals surface area (Å²) >= 11 is 11.9. The summed E-state index contributed by atoms with van der Waals surface area (Å²) < 4.78 is 0. The largest absolute Gasteiger partial charge is 0.396 e. The van der Waals surface area contributed by atoms with Gasteiger partial charge in [0.2, 0.25) is 0 Å². The van der Waals surface area contributed by atoms with Gasteiger partial charge in [0.15, 0.2) is 0 Å². The number of likely N-dealkylation sites (N-methyl/N-ethyl adjacent to an activating group) is 1. The molecule has 0 aliphatic heterocycles. The van der Waals surface area contributed by atoms with E-state index >= 15 is 0 Å². The lowest BCUT2D eigenvalue weighted by molar-refractivity contribution is 0.0939. The van der Waals surface area contributed by atoms with E-state index in [1.807, 2.05) is 0 Å². The lowest BCUT2D eigenvalue weighted by Crippen LogP contribution is -2.41. The van der Waals surface area contributed by atoms with E-state index in [2.05, 4.69) is 24.2 Å². The van der Waals surface area contributed by atoms with Gasteiger partial charge in [-0.25, -0.2) is 0 Å². The highest BCUT2D eigenvalue weighted by Gasteiger charge is 2.29. The van der Waals surface area contributed by atoms with Crippen LogP contribution in [0.2, 0.25) is 10.0 Å². The van der Waals surface area contributed by atoms with E-state index in [1.165, 1.54) is 25.0 Å². The van der Waals surface area contributed by atoms with Crippen LogP contribution in [0.3, 0.4) is 0 Å². The van der Waals surface area contributed by atoms with Gasteiger partial charge in [-0.15, -0.1) is 0 Å². The molecule has 0 saturated heterocycles. The van der Waals surface area contributed by atoms with Crippen molar-refractivity contribution in [2.24, 2.45) is 0 Å². The molecule has 0 bridgehead atoms. The zero-order chi connectivity index (χ0) is 14.9. The van der Waals surface area contributed by atoms with E-state index in [0.717, 1.165) is 0 Å². The van der Waals surface area contributed by atoms with Gasteiger partial charge < -0.3 is 11.1 Å². The summed E-state index contributed by atoms with van der Waals surface area (Å²) in [5.41, 5.74) is 6.38. The zero-order valence-electron chi connectivity index (χ0n) is 11.6. The maximum Gasteiger partial charge on any atom is 0.251 e. The summed E-state index contributed by atoms with van der Waals surface area (Å²) in [6.45, 7) is 2.69. The zero-order valence-corrected chi connectivity index (χ0v) is 13.1. The average Bonchev–Trinajstić information content (AvgIpc) is 3.24. The van der Waals surface area contributed by atoms with Gasteiger partial charge in [0.05, 0.1) is 15.7 Å². The highest BCUT2D eigenvalue weighted by Crippen LogP contribution is 2.29. The molecule has 1 aromatic carbocycles. The number of nitrogens with two attached hydrogens (primary N) is 1. The van der Waals surface area contributed by atoms with Crippen molar-refractivity contribution < 1.29 is 4.79 Å². The molecular weight excluding hydrogens is 297 g/mol. The number of halogens is 2. The number of nitrogens with one attached hydrogen (secondary N) is 1. The summed E-state index contributed by atoms with van der Waals surface area (Å²) in [7, 11) is 2.09. The monoisotopic (exact) mass is 315 g/mol. The molecule has 110 valence electrons. The first kappa shape index (κ1) is 15.4. The minimum atomic E-state index is -0.190. The highest BCUT2D eigenvalue weighted by molar-refractivity contribution is 6.39. The smallest absolute Gasteiger partial charge is 0.251 e. The molecule has 3 N–H and O–H groups in total. The van der Waals surface area contributed by atoms with Gasteiger partial charge in [0, 0.05) is 24.2 Å². The van der Waals surface area contributed by atoms with Crippen molar-refractivity contribution in [1.82, 2.24) is 10.2 Å².